The molecule has 0 unspecified atom stereocenters. The van der Waals surface area contributed by atoms with Crippen molar-refractivity contribution >= 4 is 23.8 Å². The van der Waals surface area contributed by atoms with Gasteiger partial charge in [-0.2, -0.15) is 0 Å². The first-order chi connectivity index (χ1) is 8.19. The topological polar surface area (TPSA) is 50.1 Å². The number of rotatable bonds is 7. The lowest BCUT2D eigenvalue weighted by Crippen LogP contribution is -2.03. The van der Waals surface area contributed by atoms with Crippen LogP contribution in [0.5, 0.6) is 5.75 Å². The van der Waals surface area contributed by atoms with Crippen LogP contribution in [0.2, 0.25) is 5.02 Å². The summed E-state index contributed by atoms with van der Waals surface area (Å²) in [6.07, 6.45) is 3.83. The summed E-state index contributed by atoms with van der Waals surface area (Å²) in [6, 6.07) is 4.91. The van der Waals surface area contributed by atoms with Crippen molar-refractivity contribution in [2.75, 3.05) is 0 Å². The van der Waals surface area contributed by atoms with Gasteiger partial charge in [0.1, 0.15) is 5.75 Å². The van der Waals surface area contributed by atoms with E-state index in [-0.39, 0.29) is 0 Å². The predicted molar refractivity (Wildman–Crippen MR) is 69.1 cm³/mol. The van der Waals surface area contributed by atoms with E-state index in [0.717, 1.165) is 19.3 Å². The molecule has 0 fully saturated rings. The second-order valence-corrected chi connectivity index (χ2v) is 4.23. The van der Waals surface area contributed by atoms with Crippen molar-refractivity contribution in [2.45, 2.75) is 32.6 Å². The highest BCUT2D eigenvalue weighted by Gasteiger charge is 2.09. The van der Waals surface area contributed by atoms with Crippen molar-refractivity contribution < 1.29 is 9.53 Å². The average molecular weight is 254 g/mol. The number of carbonyl (C=O) groups is 1. The Balaban J connectivity index is 2.82. The Hall–Kier alpha value is -1.35. The summed E-state index contributed by atoms with van der Waals surface area (Å²) in [5, 5.41) is 8.51. The van der Waals surface area contributed by atoms with Crippen LogP contribution in [0.1, 0.15) is 38.2 Å². The smallest absolute Gasteiger partial charge is 0.298 e. The largest absolute Gasteiger partial charge is 0.428 e. The number of hydrogen-bond acceptors (Lipinski definition) is 3. The minimum absolute atomic E-state index is 0.367. The Kier molecular flexibility index (Phi) is 5.70. The summed E-state index contributed by atoms with van der Waals surface area (Å²) in [6.45, 7) is 2.48. The SMILES string of the molecule is CCCCCC(=N)c1cc(Cl)ccc1OC=O. The molecule has 4 heteroatoms. The highest BCUT2D eigenvalue weighted by atomic mass is 35.5. The molecule has 0 saturated heterocycles. The molecular weight excluding hydrogens is 238 g/mol. The number of carbonyl (C=O) groups excluding carboxylic acids is 1. The van der Waals surface area contributed by atoms with Crippen molar-refractivity contribution in [3.63, 3.8) is 0 Å². The van der Waals surface area contributed by atoms with E-state index in [1.54, 1.807) is 18.2 Å². The van der Waals surface area contributed by atoms with Crippen molar-refractivity contribution in [3.8, 4) is 5.75 Å². The van der Waals surface area contributed by atoms with E-state index in [4.69, 9.17) is 21.7 Å². The third kappa shape index (κ3) is 4.19. The van der Waals surface area contributed by atoms with Gasteiger partial charge in [-0.1, -0.05) is 31.4 Å². The fourth-order valence-corrected chi connectivity index (χ4v) is 1.75. The predicted octanol–water partition coefficient (Wildman–Crippen LogP) is 3.82. The van der Waals surface area contributed by atoms with Crippen LogP contribution in [0.25, 0.3) is 0 Å². The van der Waals surface area contributed by atoms with Gasteiger partial charge >= 0.3 is 0 Å². The maximum Gasteiger partial charge on any atom is 0.298 e. The summed E-state index contributed by atoms with van der Waals surface area (Å²) >= 11 is 5.88. The van der Waals surface area contributed by atoms with Gasteiger partial charge in [0.15, 0.2) is 0 Å². The molecule has 0 saturated carbocycles. The fraction of sp³-hybridized carbons (Fsp3) is 0.385. The monoisotopic (exact) mass is 253 g/mol. The Morgan fingerprint density at radius 2 is 2.24 bits per heavy atom. The highest BCUT2D eigenvalue weighted by molar-refractivity contribution is 6.31. The maximum absolute atomic E-state index is 10.4. The van der Waals surface area contributed by atoms with Gasteiger partial charge in [0.05, 0.1) is 0 Å². The molecule has 92 valence electrons. The maximum atomic E-state index is 10.4. The van der Waals surface area contributed by atoms with Crippen LogP contribution in [0.15, 0.2) is 18.2 Å². The van der Waals surface area contributed by atoms with E-state index < -0.39 is 0 Å². The van der Waals surface area contributed by atoms with Crippen molar-refractivity contribution in [2.24, 2.45) is 0 Å². The minimum Gasteiger partial charge on any atom is -0.428 e. The number of benzene rings is 1. The first kappa shape index (κ1) is 13.7. The molecular formula is C13H16ClNO2. The van der Waals surface area contributed by atoms with E-state index in [2.05, 4.69) is 6.92 Å². The molecule has 0 aliphatic carbocycles. The molecule has 0 heterocycles. The van der Waals surface area contributed by atoms with Gasteiger partial charge < -0.3 is 10.1 Å². The van der Waals surface area contributed by atoms with Crippen LogP contribution in [0, 0.1) is 5.41 Å². The second kappa shape index (κ2) is 7.07. The van der Waals surface area contributed by atoms with Crippen LogP contribution >= 0.6 is 11.6 Å². The number of halogens is 1. The quantitative estimate of drug-likeness (QED) is 0.456. The Morgan fingerprint density at radius 1 is 1.47 bits per heavy atom. The molecule has 0 aromatic heterocycles. The molecule has 1 rings (SSSR count). The van der Waals surface area contributed by atoms with E-state index in [0.29, 0.717) is 34.9 Å². The molecule has 0 amide bonds. The molecule has 0 spiro atoms. The molecule has 0 atom stereocenters. The number of hydrogen-bond donors (Lipinski definition) is 1. The molecule has 17 heavy (non-hydrogen) atoms. The third-order valence-electron chi connectivity index (χ3n) is 2.47. The molecule has 3 nitrogen and oxygen atoms in total. The van der Waals surface area contributed by atoms with Crippen LogP contribution < -0.4 is 4.74 Å². The Morgan fingerprint density at radius 3 is 2.88 bits per heavy atom. The summed E-state index contributed by atoms with van der Waals surface area (Å²) < 4.78 is 4.84. The fourth-order valence-electron chi connectivity index (χ4n) is 1.58. The zero-order valence-electron chi connectivity index (χ0n) is 9.83. The standard InChI is InChI=1S/C13H16ClNO2/c1-2-3-4-5-12(15)11-8-10(14)6-7-13(11)17-9-16/h6-9,15H,2-5H2,1H3. The summed E-state index contributed by atoms with van der Waals surface area (Å²) in [5.74, 6) is 0.394. The zero-order valence-corrected chi connectivity index (χ0v) is 10.6. The van der Waals surface area contributed by atoms with Crippen LogP contribution in [0.4, 0.5) is 0 Å². The molecule has 0 aliphatic rings. The first-order valence-electron chi connectivity index (χ1n) is 5.66. The van der Waals surface area contributed by atoms with Crippen LogP contribution in [0.3, 0.4) is 0 Å². The molecule has 0 bridgehead atoms. The van der Waals surface area contributed by atoms with Crippen molar-refractivity contribution in [3.05, 3.63) is 28.8 Å². The molecule has 1 N–H and O–H groups in total. The number of unbranched alkanes of at least 4 members (excludes halogenated alkanes) is 2. The zero-order chi connectivity index (χ0) is 12.7. The van der Waals surface area contributed by atoms with Gasteiger partial charge in [-0.3, -0.25) is 4.79 Å². The second-order valence-electron chi connectivity index (χ2n) is 3.79. The lowest BCUT2D eigenvalue weighted by molar-refractivity contribution is -0.120. The van der Waals surface area contributed by atoms with E-state index >= 15 is 0 Å². The number of ether oxygens (including phenoxy) is 1. The van der Waals surface area contributed by atoms with Gasteiger partial charge in [0.2, 0.25) is 0 Å². The van der Waals surface area contributed by atoms with Gasteiger partial charge in [-0.25, -0.2) is 0 Å². The van der Waals surface area contributed by atoms with E-state index in [9.17, 15) is 4.79 Å². The van der Waals surface area contributed by atoms with E-state index in [1.807, 2.05) is 0 Å². The lowest BCUT2D eigenvalue weighted by Gasteiger charge is -2.09. The van der Waals surface area contributed by atoms with E-state index in [1.165, 1.54) is 0 Å². The summed E-state index contributed by atoms with van der Waals surface area (Å²) in [7, 11) is 0. The summed E-state index contributed by atoms with van der Waals surface area (Å²) in [4.78, 5) is 10.4. The highest BCUT2D eigenvalue weighted by Crippen LogP contribution is 2.24. The van der Waals surface area contributed by atoms with Crippen molar-refractivity contribution in [1.82, 2.24) is 0 Å². The molecule has 1 aromatic rings. The third-order valence-corrected chi connectivity index (χ3v) is 2.71. The lowest BCUT2D eigenvalue weighted by atomic mass is 10.0. The first-order valence-corrected chi connectivity index (χ1v) is 6.04. The Labute approximate surface area is 106 Å². The van der Waals surface area contributed by atoms with Gasteiger partial charge in [-0.05, 0) is 31.0 Å². The van der Waals surface area contributed by atoms with Crippen LogP contribution in [-0.4, -0.2) is 12.2 Å². The minimum atomic E-state index is 0.367. The average Bonchev–Trinajstić information content (AvgIpc) is 2.32. The van der Waals surface area contributed by atoms with Gasteiger partial charge in [-0.15, -0.1) is 0 Å². The molecule has 0 aliphatic heterocycles. The number of nitrogens with one attached hydrogen (secondary N) is 1. The van der Waals surface area contributed by atoms with Crippen molar-refractivity contribution in [1.29, 1.82) is 5.41 Å². The normalized spacial score (nSPS) is 10.0. The Bertz CT molecular complexity index is 404. The summed E-state index contributed by atoms with van der Waals surface area (Å²) in [5.41, 5.74) is 1.05. The van der Waals surface area contributed by atoms with Gasteiger partial charge in [0.25, 0.3) is 6.47 Å². The van der Waals surface area contributed by atoms with Gasteiger partial charge in [0, 0.05) is 16.3 Å². The van der Waals surface area contributed by atoms with Crippen LogP contribution in [-0.2, 0) is 4.79 Å². The molecule has 0 radical (unpaired) electrons. The molecule has 1 aromatic carbocycles.